The molecule has 24 heavy (non-hydrogen) atoms. The van der Waals surface area contributed by atoms with Gasteiger partial charge in [-0.15, -0.1) is 0 Å². The third-order valence-electron chi connectivity index (χ3n) is 3.80. The van der Waals surface area contributed by atoms with E-state index in [2.05, 4.69) is 4.98 Å². The number of aromatic amines is 1. The molecule has 1 aromatic heterocycles. The van der Waals surface area contributed by atoms with Crippen LogP contribution in [0.5, 0.6) is 0 Å². The Morgan fingerprint density at radius 2 is 1.88 bits per heavy atom. The molecule has 0 saturated carbocycles. The normalized spacial score (nSPS) is 10.8. The monoisotopic (exact) mass is 341 g/mol. The van der Waals surface area contributed by atoms with Gasteiger partial charge in [0.2, 0.25) is 5.78 Å². The maximum Gasteiger partial charge on any atom is 0.211 e. The first kappa shape index (κ1) is 16.1. The number of fused-ring (bicyclic) bond motifs is 1. The first-order valence-electron chi connectivity index (χ1n) is 7.42. The fourth-order valence-electron chi connectivity index (χ4n) is 2.71. The van der Waals surface area contributed by atoms with Gasteiger partial charge in [-0.3, -0.25) is 4.79 Å². The lowest BCUT2D eigenvalue weighted by atomic mass is 10.1. The van der Waals surface area contributed by atoms with Crippen LogP contribution in [-0.2, 0) is 0 Å². The summed E-state index contributed by atoms with van der Waals surface area (Å²) in [5.41, 5.74) is 1.55. The zero-order chi connectivity index (χ0) is 17.3. The topological polar surface area (TPSA) is 76.2 Å². The second kappa shape index (κ2) is 6.37. The van der Waals surface area contributed by atoms with Gasteiger partial charge in [-0.25, -0.2) is 0 Å². The van der Waals surface area contributed by atoms with Gasteiger partial charge in [0.1, 0.15) is 11.8 Å². The fourth-order valence-corrected chi connectivity index (χ4v) is 2.88. The number of aromatic nitrogens is 1. The number of carbonyl (C=O) groups excluding carboxylic acids is 2. The summed E-state index contributed by atoms with van der Waals surface area (Å²) >= 11 is 6.01. The molecule has 1 amide bonds. The summed E-state index contributed by atoms with van der Waals surface area (Å²) < 4.78 is 0. The zero-order valence-corrected chi connectivity index (χ0v) is 13.6. The van der Waals surface area contributed by atoms with Crippen LogP contribution in [0.2, 0.25) is 5.02 Å². The number of ketones is 1. The summed E-state index contributed by atoms with van der Waals surface area (Å²) in [7, 11) is 0. The van der Waals surface area contributed by atoms with E-state index >= 15 is 0 Å². The predicted octanol–water partition coefficient (Wildman–Crippen LogP) is 3.22. The molecule has 3 rings (SSSR count). The summed E-state index contributed by atoms with van der Waals surface area (Å²) in [5.74, 6) is -0.294. The highest BCUT2D eigenvalue weighted by atomic mass is 35.5. The summed E-state index contributed by atoms with van der Waals surface area (Å²) in [5, 5.41) is 12.6. The Balaban J connectivity index is 2.26. The van der Waals surface area contributed by atoms with Crippen molar-refractivity contribution in [3.8, 4) is 0 Å². The number of amides is 1. The highest BCUT2D eigenvalue weighted by Gasteiger charge is 2.23. The lowest BCUT2D eigenvalue weighted by molar-refractivity contribution is -0.246. The van der Waals surface area contributed by atoms with E-state index in [1.165, 1.54) is 0 Å². The van der Waals surface area contributed by atoms with E-state index in [9.17, 15) is 14.7 Å². The SMILES string of the molecule is CCN(C(=O)[O-])c1c(C(=O)c2ccccc2)[nH]c2cc(Cl)ccc12. The standard InChI is InChI=1S/C18H15ClN2O3/c1-2-21(18(23)24)16-13-9-8-12(19)10-14(13)20-15(16)17(22)11-6-4-3-5-7-11/h3-10,20H,2H2,1H3,(H,23,24)/p-1. The van der Waals surface area contributed by atoms with Crippen molar-refractivity contribution < 1.29 is 14.7 Å². The number of nitrogens with one attached hydrogen (secondary N) is 1. The molecule has 0 fully saturated rings. The van der Waals surface area contributed by atoms with Gasteiger partial charge in [0, 0.05) is 28.0 Å². The number of rotatable bonds is 4. The van der Waals surface area contributed by atoms with Crippen molar-refractivity contribution in [1.82, 2.24) is 4.98 Å². The van der Waals surface area contributed by atoms with Gasteiger partial charge in [0.25, 0.3) is 0 Å². The molecule has 122 valence electrons. The molecule has 0 saturated heterocycles. The highest BCUT2D eigenvalue weighted by molar-refractivity contribution is 6.31. The maximum atomic E-state index is 12.9. The third kappa shape index (κ3) is 2.74. The molecule has 0 atom stereocenters. The summed E-state index contributed by atoms with van der Waals surface area (Å²) in [6.07, 6.45) is -1.37. The van der Waals surface area contributed by atoms with Gasteiger partial charge in [0.15, 0.2) is 0 Å². The Kier molecular flexibility index (Phi) is 4.27. The molecular weight excluding hydrogens is 328 g/mol. The summed E-state index contributed by atoms with van der Waals surface area (Å²) in [4.78, 5) is 28.4. The van der Waals surface area contributed by atoms with Crippen molar-refractivity contribution in [3.05, 3.63) is 64.8 Å². The fraction of sp³-hybridized carbons (Fsp3) is 0.111. The van der Waals surface area contributed by atoms with Gasteiger partial charge in [-0.1, -0.05) is 41.9 Å². The number of halogens is 1. The second-order valence-corrected chi connectivity index (χ2v) is 5.68. The zero-order valence-electron chi connectivity index (χ0n) is 12.9. The van der Waals surface area contributed by atoms with Crippen LogP contribution in [-0.4, -0.2) is 23.4 Å². The smallest absolute Gasteiger partial charge is 0.211 e. The number of carboxylic acid groups (broad SMARTS) is 1. The number of hydrogen-bond donors (Lipinski definition) is 1. The van der Waals surface area contributed by atoms with E-state index in [0.717, 1.165) is 4.90 Å². The van der Waals surface area contributed by atoms with E-state index in [0.29, 0.717) is 21.5 Å². The third-order valence-corrected chi connectivity index (χ3v) is 4.04. The molecule has 2 aromatic carbocycles. The van der Waals surface area contributed by atoms with Crippen LogP contribution in [0.15, 0.2) is 48.5 Å². The lowest BCUT2D eigenvalue weighted by Gasteiger charge is -2.24. The van der Waals surface area contributed by atoms with Gasteiger partial charge in [-0.05, 0) is 25.1 Å². The van der Waals surface area contributed by atoms with Crippen molar-refractivity contribution in [3.63, 3.8) is 0 Å². The minimum Gasteiger partial charge on any atom is -0.530 e. The number of carbonyl (C=O) groups is 2. The maximum absolute atomic E-state index is 12.9. The average molecular weight is 342 g/mol. The number of nitrogens with zero attached hydrogens (tertiary/aromatic N) is 1. The molecule has 1 heterocycles. The number of H-pyrrole nitrogens is 1. The molecule has 0 unspecified atom stereocenters. The molecule has 0 spiro atoms. The van der Waals surface area contributed by atoms with Crippen molar-refractivity contribution in [2.75, 3.05) is 11.4 Å². The van der Waals surface area contributed by atoms with Crippen LogP contribution in [0.25, 0.3) is 10.9 Å². The van der Waals surface area contributed by atoms with Crippen LogP contribution < -0.4 is 10.0 Å². The minimum atomic E-state index is -1.37. The minimum absolute atomic E-state index is 0.160. The van der Waals surface area contributed by atoms with Crippen molar-refractivity contribution in [2.24, 2.45) is 0 Å². The number of hydrogen-bond acceptors (Lipinski definition) is 3. The van der Waals surface area contributed by atoms with E-state index in [1.54, 1.807) is 49.4 Å². The molecular formula is C18H14ClN2O3-. The molecule has 1 N–H and O–H groups in total. The average Bonchev–Trinajstić information content (AvgIpc) is 2.94. The van der Waals surface area contributed by atoms with E-state index in [1.807, 2.05) is 6.07 Å². The van der Waals surface area contributed by atoms with Gasteiger partial charge in [0.05, 0.1) is 5.69 Å². The molecule has 0 aliphatic carbocycles. The second-order valence-electron chi connectivity index (χ2n) is 5.24. The molecule has 0 aliphatic rings. The summed E-state index contributed by atoms with van der Waals surface area (Å²) in [6, 6.07) is 13.7. The Labute approximate surface area is 143 Å². The van der Waals surface area contributed by atoms with Crippen molar-refractivity contribution >= 4 is 40.1 Å². The van der Waals surface area contributed by atoms with Gasteiger partial charge >= 0.3 is 0 Å². The predicted molar refractivity (Wildman–Crippen MR) is 91.6 cm³/mol. The molecule has 0 radical (unpaired) electrons. The van der Waals surface area contributed by atoms with E-state index < -0.39 is 6.09 Å². The Hall–Kier alpha value is -2.79. The van der Waals surface area contributed by atoms with Crippen LogP contribution in [0.1, 0.15) is 23.0 Å². The van der Waals surface area contributed by atoms with E-state index in [-0.39, 0.29) is 23.7 Å². The Morgan fingerprint density at radius 1 is 1.17 bits per heavy atom. The largest absolute Gasteiger partial charge is 0.530 e. The highest BCUT2D eigenvalue weighted by Crippen LogP contribution is 2.34. The number of anilines is 1. The van der Waals surface area contributed by atoms with Crippen LogP contribution in [0, 0.1) is 0 Å². The van der Waals surface area contributed by atoms with Crippen LogP contribution >= 0.6 is 11.6 Å². The van der Waals surface area contributed by atoms with Gasteiger partial charge < -0.3 is 19.8 Å². The lowest BCUT2D eigenvalue weighted by Crippen LogP contribution is -2.41. The number of benzene rings is 2. The van der Waals surface area contributed by atoms with Crippen molar-refractivity contribution in [1.29, 1.82) is 0 Å². The molecule has 5 nitrogen and oxygen atoms in total. The molecule has 0 bridgehead atoms. The molecule has 3 aromatic rings. The van der Waals surface area contributed by atoms with Gasteiger partial charge in [-0.2, -0.15) is 0 Å². The molecule has 6 heteroatoms. The quantitative estimate of drug-likeness (QED) is 0.740. The first-order valence-corrected chi connectivity index (χ1v) is 7.80. The van der Waals surface area contributed by atoms with Crippen molar-refractivity contribution in [2.45, 2.75) is 6.92 Å². The Bertz CT molecular complexity index is 919. The first-order chi connectivity index (χ1) is 11.5. The van der Waals surface area contributed by atoms with E-state index in [4.69, 9.17) is 11.6 Å². The van der Waals surface area contributed by atoms with Crippen LogP contribution in [0.4, 0.5) is 10.5 Å². The van der Waals surface area contributed by atoms with Crippen LogP contribution in [0.3, 0.4) is 0 Å². The summed E-state index contributed by atoms with van der Waals surface area (Å²) in [6.45, 7) is 1.84. The molecule has 0 aliphatic heterocycles. The Morgan fingerprint density at radius 3 is 2.50 bits per heavy atom.